The summed E-state index contributed by atoms with van der Waals surface area (Å²) in [5.41, 5.74) is 1.22. The molecular weight excluding hydrogens is 252 g/mol. The van der Waals surface area contributed by atoms with Gasteiger partial charge < -0.3 is 0 Å². The molecule has 0 heterocycles. The second-order valence-corrected chi connectivity index (χ2v) is 5.18. The summed E-state index contributed by atoms with van der Waals surface area (Å²) >= 11 is 3.42. The first kappa shape index (κ1) is 12.4. The lowest BCUT2D eigenvalue weighted by Gasteiger charge is -2.04. The van der Waals surface area contributed by atoms with Crippen molar-refractivity contribution in [2.24, 2.45) is 5.92 Å². The van der Waals surface area contributed by atoms with E-state index in [0.29, 0.717) is 24.5 Å². The molecule has 2 heteroatoms. The maximum Gasteiger partial charge on any atom is 0.133 e. The summed E-state index contributed by atoms with van der Waals surface area (Å²) in [6, 6.07) is 8.14. The fourth-order valence-electron chi connectivity index (χ4n) is 1.53. The van der Waals surface area contributed by atoms with Crippen LogP contribution in [0.1, 0.15) is 32.3 Å². The lowest BCUT2D eigenvalue weighted by Crippen LogP contribution is -2.04. The molecule has 0 saturated carbocycles. The largest absolute Gasteiger partial charge is 0.300 e. The van der Waals surface area contributed by atoms with Crippen LogP contribution in [0.2, 0.25) is 0 Å². The van der Waals surface area contributed by atoms with Crippen LogP contribution in [-0.4, -0.2) is 5.78 Å². The number of Topliss-reactive ketones (excluding diaryl/α,β-unsaturated/α-hetero) is 1. The highest BCUT2D eigenvalue weighted by Gasteiger charge is 2.05. The molecule has 1 rings (SSSR count). The minimum Gasteiger partial charge on any atom is -0.300 e. The van der Waals surface area contributed by atoms with Crippen LogP contribution in [0.25, 0.3) is 0 Å². The van der Waals surface area contributed by atoms with Gasteiger partial charge in [0.1, 0.15) is 5.78 Å². The Kier molecular flexibility index (Phi) is 5.03. The Hall–Kier alpha value is -0.630. The number of ketones is 1. The van der Waals surface area contributed by atoms with E-state index in [0.717, 1.165) is 10.9 Å². The van der Waals surface area contributed by atoms with Gasteiger partial charge in [-0.2, -0.15) is 0 Å². The van der Waals surface area contributed by atoms with Gasteiger partial charge in [0.15, 0.2) is 0 Å². The molecule has 0 radical (unpaired) electrons. The van der Waals surface area contributed by atoms with E-state index in [4.69, 9.17) is 0 Å². The Labute approximate surface area is 100 Å². The van der Waals surface area contributed by atoms with E-state index in [-0.39, 0.29) is 0 Å². The number of hydrogen-bond donors (Lipinski definition) is 0. The molecule has 0 bridgehead atoms. The van der Waals surface area contributed by atoms with Crippen molar-refractivity contribution in [2.45, 2.75) is 33.1 Å². The van der Waals surface area contributed by atoms with Crippen molar-refractivity contribution in [3.05, 3.63) is 34.3 Å². The average molecular weight is 269 g/mol. The highest BCUT2D eigenvalue weighted by molar-refractivity contribution is 9.10. The van der Waals surface area contributed by atoms with Gasteiger partial charge in [0.2, 0.25) is 0 Å². The van der Waals surface area contributed by atoms with E-state index >= 15 is 0 Å². The van der Waals surface area contributed by atoms with Gasteiger partial charge >= 0.3 is 0 Å². The fourth-order valence-corrected chi connectivity index (χ4v) is 1.98. The molecule has 1 aromatic rings. The first-order valence-electron chi connectivity index (χ1n) is 5.34. The van der Waals surface area contributed by atoms with Crippen LogP contribution in [0.5, 0.6) is 0 Å². The maximum absolute atomic E-state index is 11.5. The molecule has 0 N–H and O–H groups in total. The van der Waals surface area contributed by atoms with E-state index in [9.17, 15) is 4.79 Å². The van der Waals surface area contributed by atoms with Crippen LogP contribution in [0.15, 0.2) is 28.7 Å². The molecular formula is C13H17BrO. The first-order chi connectivity index (χ1) is 7.08. The zero-order valence-corrected chi connectivity index (χ0v) is 10.9. The monoisotopic (exact) mass is 268 g/mol. The summed E-state index contributed by atoms with van der Waals surface area (Å²) in [5.74, 6) is 0.838. The van der Waals surface area contributed by atoms with Gasteiger partial charge in [0.25, 0.3) is 0 Å². The zero-order chi connectivity index (χ0) is 11.3. The van der Waals surface area contributed by atoms with Crippen LogP contribution < -0.4 is 0 Å². The standard InChI is InChI=1S/C13H17BrO/c1-10(2)8-13(15)7-6-11-4-3-5-12(14)9-11/h3-5,9-10H,6-8H2,1-2H3. The number of carbonyl (C=O) groups excluding carboxylic acids is 1. The summed E-state index contributed by atoms with van der Waals surface area (Å²) in [4.78, 5) is 11.5. The van der Waals surface area contributed by atoms with E-state index < -0.39 is 0 Å². The third kappa shape index (κ3) is 5.12. The Morgan fingerprint density at radius 1 is 1.40 bits per heavy atom. The van der Waals surface area contributed by atoms with E-state index in [1.807, 2.05) is 12.1 Å². The Bertz CT molecular complexity index is 331. The molecule has 0 unspecified atom stereocenters. The van der Waals surface area contributed by atoms with Crippen molar-refractivity contribution in [1.82, 2.24) is 0 Å². The first-order valence-corrected chi connectivity index (χ1v) is 6.13. The van der Waals surface area contributed by atoms with Gasteiger partial charge in [0, 0.05) is 17.3 Å². The molecule has 0 aliphatic carbocycles. The SMILES string of the molecule is CC(C)CC(=O)CCc1cccc(Br)c1. The number of carbonyl (C=O) groups is 1. The maximum atomic E-state index is 11.5. The topological polar surface area (TPSA) is 17.1 Å². The van der Waals surface area contributed by atoms with Crippen LogP contribution in [0.4, 0.5) is 0 Å². The Morgan fingerprint density at radius 2 is 2.13 bits per heavy atom. The number of halogens is 1. The van der Waals surface area contributed by atoms with Crippen LogP contribution in [0.3, 0.4) is 0 Å². The average Bonchev–Trinajstić information content (AvgIpc) is 2.14. The second-order valence-electron chi connectivity index (χ2n) is 4.27. The van der Waals surface area contributed by atoms with Crippen molar-refractivity contribution in [3.63, 3.8) is 0 Å². The molecule has 0 aliphatic rings. The minimum absolute atomic E-state index is 0.366. The highest BCUT2D eigenvalue weighted by atomic mass is 79.9. The van der Waals surface area contributed by atoms with E-state index in [2.05, 4.69) is 41.9 Å². The summed E-state index contributed by atoms with van der Waals surface area (Å²) in [6.07, 6.45) is 2.22. The summed E-state index contributed by atoms with van der Waals surface area (Å²) < 4.78 is 1.08. The highest BCUT2D eigenvalue weighted by Crippen LogP contribution is 2.14. The van der Waals surface area contributed by atoms with Crippen molar-refractivity contribution in [3.8, 4) is 0 Å². The van der Waals surface area contributed by atoms with Crippen molar-refractivity contribution in [1.29, 1.82) is 0 Å². The zero-order valence-electron chi connectivity index (χ0n) is 9.29. The minimum atomic E-state index is 0.366. The van der Waals surface area contributed by atoms with Gasteiger partial charge in [-0.05, 0) is 30.0 Å². The van der Waals surface area contributed by atoms with Gasteiger partial charge in [-0.15, -0.1) is 0 Å². The molecule has 1 aromatic carbocycles. The fraction of sp³-hybridized carbons (Fsp3) is 0.462. The Balaban J connectivity index is 2.40. The molecule has 0 amide bonds. The van der Waals surface area contributed by atoms with Crippen LogP contribution in [-0.2, 0) is 11.2 Å². The number of rotatable bonds is 5. The quantitative estimate of drug-likeness (QED) is 0.789. The molecule has 0 fully saturated rings. The van der Waals surface area contributed by atoms with Gasteiger partial charge in [-0.1, -0.05) is 41.9 Å². The second kappa shape index (κ2) is 6.06. The Morgan fingerprint density at radius 3 is 2.73 bits per heavy atom. The lowest BCUT2D eigenvalue weighted by molar-refractivity contribution is -0.119. The number of aryl methyl sites for hydroxylation is 1. The summed E-state index contributed by atoms with van der Waals surface area (Å²) in [5, 5.41) is 0. The van der Waals surface area contributed by atoms with E-state index in [1.165, 1.54) is 5.56 Å². The predicted octanol–water partition coefficient (Wildman–Crippen LogP) is 4.00. The number of benzene rings is 1. The third-order valence-corrected chi connectivity index (χ3v) is 2.71. The van der Waals surface area contributed by atoms with Gasteiger partial charge in [-0.3, -0.25) is 4.79 Å². The molecule has 0 aliphatic heterocycles. The summed E-state index contributed by atoms with van der Waals surface area (Å²) in [6.45, 7) is 4.16. The van der Waals surface area contributed by atoms with Crippen LogP contribution in [0, 0.1) is 5.92 Å². The lowest BCUT2D eigenvalue weighted by atomic mass is 10.0. The molecule has 0 atom stereocenters. The van der Waals surface area contributed by atoms with E-state index in [1.54, 1.807) is 0 Å². The molecule has 82 valence electrons. The molecule has 15 heavy (non-hydrogen) atoms. The number of hydrogen-bond acceptors (Lipinski definition) is 1. The van der Waals surface area contributed by atoms with Crippen molar-refractivity contribution in [2.75, 3.05) is 0 Å². The van der Waals surface area contributed by atoms with Crippen molar-refractivity contribution < 1.29 is 4.79 Å². The smallest absolute Gasteiger partial charge is 0.133 e. The molecule has 0 spiro atoms. The normalized spacial score (nSPS) is 10.7. The van der Waals surface area contributed by atoms with Gasteiger partial charge in [-0.25, -0.2) is 0 Å². The van der Waals surface area contributed by atoms with Crippen LogP contribution >= 0.6 is 15.9 Å². The molecule has 0 aromatic heterocycles. The summed E-state index contributed by atoms with van der Waals surface area (Å²) in [7, 11) is 0. The van der Waals surface area contributed by atoms with Gasteiger partial charge in [0.05, 0.1) is 0 Å². The predicted molar refractivity (Wildman–Crippen MR) is 66.9 cm³/mol. The molecule has 1 nitrogen and oxygen atoms in total. The molecule has 0 saturated heterocycles. The van der Waals surface area contributed by atoms with Crippen molar-refractivity contribution >= 4 is 21.7 Å². The third-order valence-electron chi connectivity index (χ3n) is 2.22.